The quantitative estimate of drug-likeness (QED) is 0.515. The maximum Gasteiger partial charge on any atom is 0.317 e. The van der Waals surface area contributed by atoms with Crippen LogP contribution in [0.3, 0.4) is 0 Å². The molecule has 4 rings (SSSR count). The van der Waals surface area contributed by atoms with E-state index in [-0.39, 0.29) is 17.0 Å². The van der Waals surface area contributed by atoms with E-state index in [0.717, 1.165) is 34.2 Å². The highest BCUT2D eigenvalue weighted by atomic mass is 35.5. The van der Waals surface area contributed by atoms with E-state index >= 15 is 0 Å². The van der Waals surface area contributed by atoms with Crippen LogP contribution in [-0.4, -0.2) is 41.0 Å². The molecule has 1 atom stereocenters. The summed E-state index contributed by atoms with van der Waals surface area (Å²) in [6, 6.07) is 4.79. The summed E-state index contributed by atoms with van der Waals surface area (Å²) >= 11 is 12.6. The number of urea groups is 1. The van der Waals surface area contributed by atoms with Crippen LogP contribution in [0.5, 0.6) is 0 Å². The summed E-state index contributed by atoms with van der Waals surface area (Å²) < 4.78 is 14.0. The molecule has 1 aliphatic heterocycles. The van der Waals surface area contributed by atoms with E-state index in [1.54, 1.807) is 11.9 Å². The molecule has 1 aliphatic rings. The molecule has 156 valence electrons. The minimum Gasteiger partial charge on any atom is -0.346 e. The number of carbonyl (C=O) groups excluding carboxylic acids is 1. The predicted molar refractivity (Wildman–Crippen MR) is 119 cm³/mol. The number of H-pyrrole nitrogens is 1. The van der Waals surface area contributed by atoms with E-state index in [0.29, 0.717) is 23.7 Å². The van der Waals surface area contributed by atoms with Crippen molar-refractivity contribution in [3.63, 3.8) is 0 Å². The van der Waals surface area contributed by atoms with E-state index in [9.17, 15) is 9.18 Å². The molecule has 2 aromatic heterocycles. The maximum absolute atomic E-state index is 14.0. The summed E-state index contributed by atoms with van der Waals surface area (Å²) in [4.78, 5) is 21.3. The highest BCUT2D eigenvalue weighted by Gasteiger charge is 2.22. The van der Waals surface area contributed by atoms with Crippen LogP contribution in [0, 0.1) is 5.82 Å². The Morgan fingerprint density at radius 3 is 2.87 bits per heavy atom. The molecule has 0 spiro atoms. The highest BCUT2D eigenvalue weighted by Crippen LogP contribution is 2.39. The summed E-state index contributed by atoms with van der Waals surface area (Å²) in [5.41, 5.74) is 4.39. The molecule has 0 aliphatic carbocycles. The lowest BCUT2D eigenvalue weighted by atomic mass is 9.92. The van der Waals surface area contributed by atoms with Gasteiger partial charge >= 0.3 is 6.03 Å². The summed E-state index contributed by atoms with van der Waals surface area (Å²) in [7, 11) is 1.63. The number of pyridine rings is 1. The van der Waals surface area contributed by atoms with Crippen LogP contribution < -0.4 is 5.32 Å². The Bertz CT molecular complexity index is 1160. The third kappa shape index (κ3) is 3.66. The molecule has 3 heterocycles. The normalized spacial score (nSPS) is 15.2. The average Bonchev–Trinajstić information content (AvgIpc) is 3.19. The number of aromatic amines is 1. The zero-order valence-corrected chi connectivity index (χ0v) is 18.1. The fourth-order valence-corrected chi connectivity index (χ4v) is 4.62. The van der Waals surface area contributed by atoms with E-state index in [1.807, 2.05) is 19.3 Å². The van der Waals surface area contributed by atoms with Crippen LogP contribution in [0.25, 0.3) is 16.6 Å². The molecule has 0 radical (unpaired) electrons. The fraction of sp³-hybridized carbons (Fsp3) is 0.273. The Morgan fingerprint density at radius 2 is 2.17 bits per heavy atom. The first kappa shape index (κ1) is 20.7. The highest BCUT2D eigenvalue weighted by molar-refractivity contribution is 6.36. The van der Waals surface area contributed by atoms with Crippen molar-refractivity contribution in [2.45, 2.75) is 19.3 Å². The van der Waals surface area contributed by atoms with Gasteiger partial charge in [-0.1, -0.05) is 36.2 Å². The number of fused-ring (bicyclic) bond motifs is 1. The number of halogens is 3. The number of aromatic nitrogens is 2. The van der Waals surface area contributed by atoms with Crippen molar-refractivity contribution in [1.82, 2.24) is 20.2 Å². The number of carbonyl (C=O) groups is 1. The molecule has 2 amide bonds. The van der Waals surface area contributed by atoms with Crippen molar-refractivity contribution in [2.75, 3.05) is 20.1 Å². The van der Waals surface area contributed by atoms with Crippen LogP contribution in [0.15, 0.2) is 36.7 Å². The van der Waals surface area contributed by atoms with Crippen LogP contribution in [0.4, 0.5) is 9.18 Å². The lowest BCUT2D eigenvalue weighted by molar-refractivity contribution is 0.205. The Balaban J connectivity index is 1.70. The molecule has 8 heteroatoms. The zero-order chi connectivity index (χ0) is 21.4. The van der Waals surface area contributed by atoms with Crippen molar-refractivity contribution in [3.05, 3.63) is 69.2 Å². The molecular formula is C22H21Cl2FN4O. The third-order valence-corrected chi connectivity index (χ3v) is 6.34. The molecule has 1 aromatic carbocycles. The van der Waals surface area contributed by atoms with Gasteiger partial charge in [0, 0.05) is 48.9 Å². The van der Waals surface area contributed by atoms with Crippen molar-refractivity contribution in [1.29, 1.82) is 0 Å². The molecule has 30 heavy (non-hydrogen) atoms. The lowest BCUT2D eigenvalue weighted by Crippen LogP contribution is -2.40. The monoisotopic (exact) mass is 446 g/mol. The largest absolute Gasteiger partial charge is 0.346 e. The number of benzene rings is 1. The molecule has 3 aromatic rings. The molecule has 1 unspecified atom stereocenters. The summed E-state index contributed by atoms with van der Waals surface area (Å²) in [6.07, 6.45) is 6.50. The Kier molecular flexibility index (Phi) is 5.71. The number of rotatable bonds is 3. The summed E-state index contributed by atoms with van der Waals surface area (Å²) in [5.74, 6) is -0.717. The Morgan fingerprint density at radius 1 is 1.37 bits per heavy atom. The van der Waals surface area contributed by atoms with Crippen LogP contribution in [-0.2, 0) is 0 Å². The van der Waals surface area contributed by atoms with Gasteiger partial charge in [0.05, 0.1) is 5.02 Å². The minimum absolute atomic E-state index is 0.0396. The van der Waals surface area contributed by atoms with Crippen LogP contribution in [0.1, 0.15) is 36.0 Å². The van der Waals surface area contributed by atoms with Gasteiger partial charge in [-0.05, 0) is 46.9 Å². The van der Waals surface area contributed by atoms with Gasteiger partial charge in [-0.25, -0.2) is 14.2 Å². The van der Waals surface area contributed by atoms with Crippen molar-refractivity contribution in [2.24, 2.45) is 0 Å². The first-order valence-corrected chi connectivity index (χ1v) is 10.4. The Labute approximate surface area is 183 Å². The Hall–Kier alpha value is -2.57. The fourth-order valence-electron chi connectivity index (χ4n) is 3.93. The average molecular weight is 447 g/mol. The summed E-state index contributed by atoms with van der Waals surface area (Å²) in [6.45, 7) is 3.15. The molecule has 0 bridgehead atoms. The van der Waals surface area contributed by atoms with Gasteiger partial charge in [-0.3, -0.25) is 0 Å². The second-order valence-electron chi connectivity index (χ2n) is 7.32. The molecule has 2 N–H and O–H groups in total. The standard InChI is InChI=1S/C22H21Cl2FN4O/c1-12(19-17(23)3-4-18(25)20(19)24)16-11-28-21-15(16)9-14(10-27-21)13-5-7-29(8-6-13)22(30)26-2/h3-5,9-12H,6-8H2,1-2H3,(H,26,30)(H,27,28). The predicted octanol–water partition coefficient (Wildman–Crippen LogP) is 5.59. The topological polar surface area (TPSA) is 61.0 Å². The second kappa shape index (κ2) is 8.28. The number of hydrogen-bond donors (Lipinski definition) is 2. The van der Waals surface area contributed by atoms with Crippen LogP contribution >= 0.6 is 23.2 Å². The van der Waals surface area contributed by atoms with Gasteiger partial charge in [0.15, 0.2) is 0 Å². The first-order valence-electron chi connectivity index (χ1n) is 9.67. The smallest absolute Gasteiger partial charge is 0.317 e. The number of nitrogens with zero attached hydrogens (tertiary/aromatic N) is 2. The molecular weight excluding hydrogens is 426 g/mol. The van der Waals surface area contributed by atoms with Gasteiger partial charge in [-0.2, -0.15) is 0 Å². The molecule has 0 fully saturated rings. The lowest BCUT2D eigenvalue weighted by Gasteiger charge is -2.26. The molecule has 0 saturated heterocycles. The number of nitrogens with one attached hydrogen (secondary N) is 2. The number of hydrogen-bond acceptors (Lipinski definition) is 2. The summed E-state index contributed by atoms with van der Waals surface area (Å²) in [5, 5.41) is 4.05. The minimum atomic E-state index is -0.491. The molecule has 5 nitrogen and oxygen atoms in total. The van der Waals surface area contributed by atoms with Gasteiger partial charge in [0.2, 0.25) is 0 Å². The first-order chi connectivity index (χ1) is 14.4. The maximum atomic E-state index is 14.0. The third-order valence-electron chi connectivity index (χ3n) is 5.62. The van der Waals surface area contributed by atoms with Crippen molar-refractivity contribution >= 4 is 45.8 Å². The number of amides is 2. The van der Waals surface area contributed by atoms with Crippen molar-refractivity contribution < 1.29 is 9.18 Å². The van der Waals surface area contributed by atoms with E-state index in [2.05, 4.69) is 27.4 Å². The van der Waals surface area contributed by atoms with E-state index < -0.39 is 5.82 Å². The van der Waals surface area contributed by atoms with E-state index in [1.165, 1.54) is 12.1 Å². The molecule has 0 saturated carbocycles. The van der Waals surface area contributed by atoms with Gasteiger partial charge in [0.1, 0.15) is 11.5 Å². The second-order valence-corrected chi connectivity index (χ2v) is 8.11. The van der Waals surface area contributed by atoms with Crippen LogP contribution in [0.2, 0.25) is 10.0 Å². The van der Waals surface area contributed by atoms with E-state index in [4.69, 9.17) is 23.2 Å². The zero-order valence-electron chi connectivity index (χ0n) is 16.6. The van der Waals surface area contributed by atoms with Gasteiger partial charge < -0.3 is 15.2 Å². The SMILES string of the molecule is CNC(=O)N1CC=C(c2cnc3[nH]cc(C(C)c4c(Cl)ccc(F)c4Cl)c3c2)CC1. The van der Waals surface area contributed by atoms with Gasteiger partial charge in [0.25, 0.3) is 0 Å². The van der Waals surface area contributed by atoms with Crippen molar-refractivity contribution in [3.8, 4) is 0 Å². The van der Waals surface area contributed by atoms with Gasteiger partial charge in [-0.15, -0.1) is 0 Å².